The van der Waals surface area contributed by atoms with Crippen LogP contribution in [-0.4, -0.2) is 29.1 Å². The van der Waals surface area contributed by atoms with Crippen LogP contribution < -0.4 is 9.64 Å². The topological polar surface area (TPSA) is 66.8 Å². The molecule has 1 amide bonds. The number of carbonyl (C=O) groups is 2. The fourth-order valence-electron chi connectivity index (χ4n) is 3.47. The van der Waals surface area contributed by atoms with Crippen LogP contribution in [0.4, 0.5) is 5.69 Å². The van der Waals surface area contributed by atoms with Crippen molar-refractivity contribution < 1.29 is 19.4 Å². The van der Waals surface area contributed by atoms with Gasteiger partial charge in [0.05, 0.1) is 11.6 Å². The van der Waals surface area contributed by atoms with Crippen molar-refractivity contribution in [2.45, 2.75) is 51.0 Å². The Morgan fingerprint density at radius 3 is 2.46 bits per heavy atom. The summed E-state index contributed by atoms with van der Waals surface area (Å²) in [5.74, 6) is 0.857. The number of nitrogens with zero attached hydrogens (tertiary/aromatic N) is 1. The molecule has 2 aliphatic carbocycles. The second-order valence-corrected chi connectivity index (χ2v) is 7.95. The summed E-state index contributed by atoms with van der Waals surface area (Å²) in [5.41, 5.74) is -0.728. The SMILES string of the molecule is C#CC(=O)N(c1ccc(OCC2(C)CC2)c(Cl)c1)C1(C(=O)O)CCCC1. The fraction of sp³-hybridized carbons (Fsp3) is 0.500. The molecular weight excluding hydrogens is 354 g/mol. The highest BCUT2D eigenvalue weighted by Gasteiger charge is 2.49. The summed E-state index contributed by atoms with van der Waals surface area (Å²) in [6.45, 7) is 2.73. The number of ether oxygens (including phenoxy) is 1. The highest BCUT2D eigenvalue weighted by atomic mass is 35.5. The molecule has 0 bridgehead atoms. The van der Waals surface area contributed by atoms with E-state index in [9.17, 15) is 14.7 Å². The second-order valence-electron chi connectivity index (χ2n) is 7.54. The van der Waals surface area contributed by atoms with E-state index in [1.807, 2.05) is 0 Å². The maximum atomic E-state index is 12.4. The zero-order chi connectivity index (χ0) is 18.9. The van der Waals surface area contributed by atoms with Gasteiger partial charge in [-0.1, -0.05) is 31.4 Å². The van der Waals surface area contributed by atoms with Crippen molar-refractivity contribution in [3.05, 3.63) is 23.2 Å². The van der Waals surface area contributed by atoms with E-state index in [1.165, 1.54) is 4.90 Å². The van der Waals surface area contributed by atoms with Gasteiger partial charge in [0.25, 0.3) is 0 Å². The predicted octanol–water partition coefficient (Wildman–Crippen LogP) is 3.88. The molecule has 0 spiro atoms. The molecule has 1 aromatic rings. The van der Waals surface area contributed by atoms with Gasteiger partial charge in [-0.15, -0.1) is 6.42 Å². The molecule has 138 valence electrons. The number of rotatable bonds is 6. The van der Waals surface area contributed by atoms with Crippen molar-refractivity contribution >= 4 is 29.2 Å². The maximum absolute atomic E-state index is 12.4. The van der Waals surface area contributed by atoms with E-state index in [0.717, 1.165) is 25.7 Å². The van der Waals surface area contributed by atoms with Crippen molar-refractivity contribution in [2.24, 2.45) is 5.41 Å². The lowest BCUT2D eigenvalue weighted by atomic mass is 9.94. The van der Waals surface area contributed by atoms with Crippen LogP contribution in [0.15, 0.2) is 18.2 Å². The van der Waals surface area contributed by atoms with Crippen LogP contribution in [-0.2, 0) is 9.59 Å². The number of benzene rings is 1. The van der Waals surface area contributed by atoms with Gasteiger partial charge in [-0.3, -0.25) is 9.69 Å². The minimum Gasteiger partial charge on any atom is -0.491 e. The molecule has 3 rings (SSSR count). The van der Waals surface area contributed by atoms with E-state index >= 15 is 0 Å². The minimum atomic E-state index is -1.32. The molecule has 0 saturated heterocycles. The summed E-state index contributed by atoms with van der Waals surface area (Å²) < 4.78 is 5.79. The summed E-state index contributed by atoms with van der Waals surface area (Å²) >= 11 is 6.34. The molecule has 1 aromatic carbocycles. The molecule has 0 aliphatic heterocycles. The number of anilines is 1. The largest absolute Gasteiger partial charge is 0.491 e. The van der Waals surface area contributed by atoms with E-state index in [2.05, 4.69) is 12.8 Å². The summed E-state index contributed by atoms with van der Waals surface area (Å²) in [7, 11) is 0. The number of amides is 1. The van der Waals surface area contributed by atoms with Gasteiger partial charge < -0.3 is 9.84 Å². The zero-order valence-electron chi connectivity index (χ0n) is 14.8. The van der Waals surface area contributed by atoms with Gasteiger partial charge in [-0.05, 0) is 49.8 Å². The van der Waals surface area contributed by atoms with Crippen LogP contribution in [0.5, 0.6) is 5.75 Å². The van der Waals surface area contributed by atoms with Crippen molar-refractivity contribution in [3.63, 3.8) is 0 Å². The highest BCUT2D eigenvalue weighted by molar-refractivity contribution is 6.32. The van der Waals surface area contributed by atoms with Crippen LogP contribution in [0.3, 0.4) is 0 Å². The van der Waals surface area contributed by atoms with Crippen LogP contribution in [0, 0.1) is 17.8 Å². The van der Waals surface area contributed by atoms with Crippen LogP contribution in [0.1, 0.15) is 45.4 Å². The van der Waals surface area contributed by atoms with E-state index in [0.29, 0.717) is 35.9 Å². The van der Waals surface area contributed by atoms with Crippen molar-refractivity contribution in [2.75, 3.05) is 11.5 Å². The Balaban J connectivity index is 1.92. The molecule has 1 N–H and O–H groups in total. The Hall–Kier alpha value is -2.19. The molecule has 2 aliphatic rings. The lowest BCUT2D eigenvalue weighted by Gasteiger charge is -2.36. The Morgan fingerprint density at radius 2 is 1.96 bits per heavy atom. The number of carboxylic acids is 1. The summed E-state index contributed by atoms with van der Waals surface area (Å²) in [5, 5.41) is 10.2. The molecule has 2 fully saturated rings. The Kier molecular flexibility index (Phi) is 4.90. The van der Waals surface area contributed by atoms with Gasteiger partial charge in [0.1, 0.15) is 11.3 Å². The first-order valence-electron chi connectivity index (χ1n) is 8.78. The molecule has 0 unspecified atom stereocenters. The quantitative estimate of drug-likeness (QED) is 0.766. The van der Waals surface area contributed by atoms with E-state index in [1.54, 1.807) is 18.2 Å². The summed E-state index contributed by atoms with van der Waals surface area (Å²) in [4.78, 5) is 25.6. The third-order valence-electron chi connectivity index (χ3n) is 5.44. The number of carboxylic acid groups (broad SMARTS) is 1. The smallest absolute Gasteiger partial charge is 0.330 e. The molecular formula is C20H22ClNO4. The van der Waals surface area contributed by atoms with Crippen molar-refractivity contribution in [3.8, 4) is 18.1 Å². The van der Waals surface area contributed by atoms with E-state index < -0.39 is 17.4 Å². The molecule has 0 radical (unpaired) electrons. The van der Waals surface area contributed by atoms with Gasteiger partial charge in [0, 0.05) is 11.1 Å². The summed E-state index contributed by atoms with van der Waals surface area (Å²) in [6.07, 6.45) is 9.77. The first-order valence-corrected chi connectivity index (χ1v) is 9.16. The third-order valence-corrected chi connectivity index (χ3v) is 5.73. The average Bonchev–Trinajstić information content (AvgIpc) is 3.14. The van der Waals surface area contributed by atoms with E-state index in [-0.39, 0.29) is 5.41 Å². The molecule has 5 nitrogen and oxygen atoms in total. The molecule has 2 saturated carbocycles. The Labute approximate surface area is 158 Å². The molecule has 26 heavy (non-hydrogen) atoms. The Morgan fingerprint density at radius 1 is 1.31 bits per heavy atom. The van der Waals surface area contributed by atoms with Crippen LogP contribution >= 0.6 is 11.6 Å². The number of hydrogen-bond donors (Lipinski definition) is 1. The number of aliphatic carboxylic acids is 1. The fourth-order valence-corrected chi connectivity index (χ4v) is 3.70. The molecule has 0 aromatic heterocycles. The first kappa shape index (κ1) is 18.6. The van der Waals surface area contributed by atoms with Crippen LogP contribution in [0.25, 0.3) is 0 Å². The number of terminal acetylenes is 1. The van der Waals surface area contributed by atoms with Gasteiger partial charge in [-0.2, -0.15) is 0 Å². The predicted molar refractivity (Wildman–Crippen MR) is 99.4 cm³/mol. The van der Waals surface area contributed by atoms with Gasteiger partial charge in [-0.25, -0.2) is 4.79 Å². The minimum absolute atomic E-state index is 0.213. The lowest BCUT2D eigenvalue weighted by Crippen LogP contribution is -2.55. The van der Waals surface area contributed by atoms with Crippen LogP contribution in [0.2, 0.25) is 5.02 Å². The molecule has 6 heteroatoms. The standard InChI is InChI=1S/C20H22ClNO4/c1-3-17(23)22(20(18(24)25)8-4-5-9-20)14-6-7-16(15(21)12-14)26-13-19(2)10-11-19/h1,6-7,12H,4-5,8-11,13H2,2H3,(H,24,25). The molecule has 0 atom stereocenters. The normalized spacial score (nSPS) is 19.4. The average molecular weight is 376 g/mol. The summed E-state index contributed by atoms with van der Waals surface area (Å²) in [6, 6.07) is 4.88. The number of halogens is 1. The monoisotopic (exact) mass is 375 g/mol. The van der Waals surface area contributed by atoms with Crippen molar-refractivity contribution in [1.29, 1.82) is 0 Å². The van der Waals surface area contributed by atoms with Gasteiger partial charge >= 0.3 is 11.9 Å². The number of hydrogen-bond acceptors (Lipinski definition) is 3. The van der Waals surface area contributed by atoms with Crippen molar-refractivity contribution in [1.82, 2.24) is 0 Å². The second kappa shape index (κ2) is 6.85. The first-order chi connectivity index (χ1) is 12.3. The number of carbonyl (C=O) groups excluding carboxylic acids is 1. The zero-order valence-corrected chi connectivity index (χ0v) is 15.5. The molecule has 0 heterocycles. The highest BCUT2D eigenvalue weighted by Crippen LogP contribution is 2.46. The van der Waals surface area contributed by atoms with Gasteiger partial charge in [0.15, 0.2) is 0 Å². The lowest BCUT2D eigenvalue weighted by molar-refractivity contribution is -0.144. The van der Waals surface area contributed by atoms with E-state index in [4.69, 9.17) is 22.8 Å². The van der Waals surface area contributed by atoms with Gasteiger partial charge in [0.2, 0.25) is 0 Å². The maximum Gasteiger partial charge on any atom is 0.330 e. The third kappa shape index (κ3) is 3.39. The Bertz CT molecular complexity index is 773.